The number of hydrogen-bond donors (Lipinski definition) is 1. The van der Waals surface area contributed by atoms with Crippen molar-refractivity contribution in [3.63, 3.8) is 0 Å². The van der Waals surface area contributed by atoms with Crippen LogP contribution in [0, 0.1) is 0 Å². The van der Waals surface area contributed by atoms with Gasteiger partial charge in [-0.15, -0.1) is 0 Å². The second kappa shape index (κ2) is 5.17. The monoisotopic (exact) mass is 264 g/mol. The van der Waals surface area contributed by atoms with Crippen LogP contribution in [0.1, 0.15) is 18.5 Å². The van der Waals surface area contributed by atoms with E-state index in [0.717, 1.165) is 11.3 Å². The van der Waals surface area contributed by atoms with Gasteiger partial charge in [-0.05, 0) is 36.8 Å². The lowest BCUT2D eigenvalue weighted by atomic mass is 10.1. The van der Waals surface area contributed by atoms with Crippen LogP contribution in [-0.4, -0.2) is 14.8 Å². The van der Waals surface area contributed by atoms with Crippen LogP contribution in [0.15, 0.2) is 60.9 Å². The summed E-state index contributed by atoms with van der Waals surface area (Å²) in [4.78, 5) is 4.37. The molecule has 0 spiro atoms. The third-order valence-electron chi connectivity index (χ3n) is 3.36. The third-order valence-corrected chi connectivity index (χ3v) is 3.36. The molecule has 2 aromatic carbocycles. The molecule has 0 fully saturated rings. The summed E-state index contributed by atoms with van der Waals surface area (Å²) in [6.07, 6.45) is 1.77. The summed E-state index contributed by atoms with van der Waals surface area (Å²) in [5.41, 5.74) is 8.61. The molecule has 2 N–H and O–H groups in total. The largest absolute Gasteiger partial charge is 0.399 e. The van der Waals surface area contributed by atoms with Crippen LogP contribution >= 0.6 is 0 Å². The Balaban J connectivity index is 1.89. The zero-order valence-electron chi connectivity index (χ0n) is 11.3. The van der Waals surface area contributed by atoms with Gasteiger partial charge in [-0.3, -0.25) is 0 Å². The molecule has 4 heteroatoms. The van der Waals surface area contributed by atoms with E-state index < -0.39 is 0 Å². The Morgan fingerprint density at radius 1 is 1.00 bits per heavy atom. The number of benzene rings is 2. The van der Waals surface area contributed by atoms with E-state index in [1.807, 2.05) is 47.1 Å². The van der Waals surface area contributed by atoms with Crippen LogP contribution < -0.4 is 5.73 Å². The molecular formula is C16H16N4. The van der Waals surface area contributed by atoms with Crippen molar-refractivity contribution in [3.05, 3.63) is 66.5 Å². The van der Waals surface area contributed by atoms with Gasteiger partial charge in [0.1, 0.15) is 6.33 Å². The van der Waals surface area contributed by atoms with Crippen molar-refractivity contribution >= 4 is 5.69 Å². The van der Waals surface area contributed by atoms with Crippen LogP contribution in [0.2, 0.25) is 0 Å². The number of nitrogens with two attached hydrogens (primary N) is 1. The Kier molecular flexibility index (Phi) is 3.21. The number of nitrogens with zero attached hydrogens (tertiary/aromatic N) is 3. The van der Waals surface area contributed by atoms with Crippen LogP contribution in [0.5, 0.6) is 0 Å². The highest BCUT2D eigenvalue weighted by Crippen LogP contribution is 2.20. The van der Waals surface area contributed by atoms with Crippen molar-refractivity contribution in [2.45, 2.75) is 13.0 Å². The second-order valence-corrected chi connectivity index (χ2v) is 4.76. The van der Waals surface area contributed by atoms with Gasteiger partial charge in [-0.2, -0.15) is 5.10 Å². The predicted octanol–water partition coefficient (Wildman–Crippen LogP) is 3.14. The van der Waals surface area contributed by atoms with Crippen molar-refractivity contribution in [3.8, 4) is 11.4 Å². The molecule has 1 atom stereocenters. The smallest absolute Gasteiger partial charge is 0.181 e. The number of aromatic nitrogens is 3. The van der Waals surface area contributed by atoms with Gasteiger partial charge in [0.15, 0.2) is 5.82 Å². The van der Waals surface area contributed by atoms with Gasteiger partial charge in [-0.25, -0.2) is 9.67 Å². The van der Waals surface area contributed by atoms with Gasteiger partial charge in [0.05, 0.1) is 6.04 Å². The first-order chi connectivity index (χ1) is 9.74. The second-order valence-electron chi connectivity index (χ2n) is 4.76. The Bertz CT molecular complexity index is 686. The van der Waals surface area contributed by atoms with Crippen molar-refractivity contribution in [2.75, 3.05) is 5.73 Å². The minimum absolute atomic E-state index is 0.159. The lowest BCUT2D eigenvalue weighted by Crippen LogP contribution is -2.07. The lowest BCUT2D eigenvalue weighted by molar-refractivity contribution is 0.564. The molecule has 0 amide bonds. The van der Waals surface area contributed by atoms with Gasteiger partial charge < -0.3 is 5.73 Å². The van der Waals surface area contributed by atoms with Crippen molar-refractivity contribution in [2.24, 2.45) is 0 Å². The minimum atomic E-state index is 0.159. The summed E-state index contributed by atoms with van der Waals surface area (Å²) in [5, 5.41) is 4.55. The first kappa shape index (κ1) is 12.4. The van der Waals surface area contributed by atoms with Crippen molar-refractivity contribution < 1.29 is 0 Å². The summed E-state index contributed by atoms with van der Waals surface area (Å²) in [6.45, 7) is 2.11. The van der Waals surface area contributed by atoms with Gasteiger partial charge in [0, 0.05) is 11.3 Å². The van der Waals surface area contributed by atoms with Crippen LogP contribution in [0.25, 0.3) is 11.4 Å². The molecule has 0 saturated carbocycles. The molecule has 1 heterocycles. The van der Waals surface area contributed by atoms with Gasteiger partial charge in [0.25, 0.3) is 0 Å². The van der Waals surface area contributed by atoms with E-state index in [-0.39, 0.29) is 6.04 Å². The number of nitrogen functional groups attached to an aromatic ring is 1. The number of rotatable bonds is 3. The highest BCUT2D eigenvalue weighted by Gasteiger charge is 2.10. The molecule has 1 unspecified atom stereocenters. The summed E-state index contributed by atoms with van der Waals surface area (Å²) in [6, 6.07) is 18.0. The zero-order valence-corrected chi connectivity index (χ0v) is 11.3. The number of hydrogen-bond acceptors (Lipinski definition) is 3. The molecule has 0 saturated heterocycles. The molecule has 0 aliphatic carbocycles. The fourth-order valence-corrected chi connectivity index (χ4v) is 2.11. The molecule has 3 rings (SSSR count). The van der Waals surface area contributed by atoms with E-state index in [4.69, 9.17) is 5.73 Å². The minimum Gasteiger partial charge on any atom is -0.399 e. The van der Waals surface area contributed by atoms with Gasteiger partial charge in [0.2, 0.25) is 0 Å². The molecular weight excluding hydrogens is 248 g/mol. The Hall–Kier alpha value is -2.62. The third kappa shape index (κ3) is 2.40. The molecule has 0 bridgehead atoms. The molecule has 1 aromatic heterocycles. The molecule has 100 valence electrons. The molecule has 4 nitrogen and oxygen atoms in total. The molecule has 3 aromatic rings. The lowest BCUT2D eigenvalue weighted by Gasteiger charge is -2.11. The topological polar surface area (TPSA) is 56.7 Å². The zero-order chi connectivity index (χ0) is 13.9. The molecule has 0 aliphatic heterocycles. The number of anilines is 1. The van der Waals surface area contributed by atoms with Gasteiger partial charge >= 0.3 is 0 Å². The molecule has 20 heavy (non-hydrogen) atoms. The first-order valence-corrected chi connectivity index (χ1v) is 6.56. The normalized spacial score (nSPS) is 12.2. The predicted molar refractivity (Wildman–Crippen MR) is 80.1 cm³/mol. The van der Waals surface area contributed by atoms with E-state index in [0.29, 0.717) is 5.82 Å². The van der Waals surface area contributed by atoms with Crippen molar-refractivity contribution in [1.82, 2.24) is 14.8 Å². The highest BCUT2D eigenvalue weighted by atomic mass is 15.3. The first-order valence-electron chi connectivity index (χ1n) is 6.56. The van der Waals surface area contributed by atoms with Crippen LogP contribution in [0.4, 0.5) is 5.69 Å². The fourth-order valence-electron chi connectivity index (χ4n) is 2.11. The van der Waals surface area contributed by atoms with E-state index in [1.165, 1.54) is 5.56 Å². The fraction of sp³-hybridized carbons (Fsp3) is 0.125. The SMILES string of the molecule is CC(c1ccccc1)n1cnc(-c2ccc(N)cc2)n1. The maximum Gasteiger partial charge on any atom is 0.181 e. The molecule has 0 radical (unpaired) electrons. The van der Waals surface area contributed by atoms with E-state index >= 15 is 0 Å². The van der Waals surface area contributed by atoms with E-state index in [2.05, 4.69) is 29.1 Å². The van der Waals surface area contributed by atoms with E-state index in [1.54, 1.807) is 6.33 Å². The molecule has 0 aliphatic rings. The summed E-state index contributed by atoms with van der Waals surface area (Å²) >= 11 is 0. The van der Waals surface area contributed by atoms with Crippen LogP contribution in [0.3, 0.4) is 0 Å². The maximum absolute atomic E-state index is 5.69. The van der Waals surface area contributed by atoms with E-state index in [9.17, 15) is 0 Å². The average Bonchev–Trinajstić information content (AvgIpc) is 2.98. The summed E-state index contributed by atoms with van der Waals surface area (Å²) < 4.78 is 1.88. The Morgan fingerprint density at radius 2 is 1.70 bits per heavy atom. The van der Waals surface area contributed by atoms with Crippen LogP contribution in [-0.2, 0) is 0 Å². The summed E-state index contributed by atoms with van der Waals surface area (Å²) in [5.74, 6) is 0.716. The standard InChI is InChI=1S/C16H16N4/c1-12(13-5-3-2-4-6-13)20-11-18-16(19-20)14-7-9-15(17)10-8-14/h2-12H,17H2,1H3. The highest BCUT2D eigenvalue weighted by molar-refractivity contribution is 5.58. The van der Waals surface area contributed by atoms with Gasteiger partial charge in [-0.1, -0.05) is 30.3 Å². The Labute approximate surface area is 117 Å². The maximum atomic E-state index is 5.69. The summed E-state index contributed by atoms with van der Waals surface area (Å²) in [7, 11) is 0. The Morgan fingerprint density at radius 3 is 2.40 bits per heavy atom. The van der Waals surface area contributed by atoms with Crippen molar-refractivity contribution in [1.29, 1.82) is 0 Å². The quantitative estimate of drug-likeness (QED) is 0.739. The average molecular weight is 264 g/mol.